The van der Waals surface area contributed by atoms with Crippen LogP contribution in [0.15, 0.2) is 44.0 Å². The first kappa shape index (κ1) is 15.2. The quantitative estimate of drug-likeness (QED) is 0.667. The fourth-order valence-corrected chi connectivity index (χ4v) is 4.12. The lowest BCUT2D eigenvalue weighted by Crippen LogP contribution is -2.24. The van der Waals surface area contributed by atoms with Gasteiger partial charge in [-0.2, -0.15) is 11.3 Å². The van der Waals surface area contributed by atoms with Crippen LogP contribution in [-0.2, 0) is 6.42 Å². The molecule has 2 aromatic rings. The van der Waals surface area contributed by atoms with Gasteiger partial charge in [0.1, 0.15) is 0 Å². The molecule has 1 atom stereocenters. The Hall–Kier alpha value is -0.160. The van der Waals surface area contributed by atoms with Crippen LogP contribution in [0.3, 0.4) is 0 Å². The number of halogens is 2. The summed E-state index contributed by atoms with van der Waals surface area (Å²) in [4.78, 5) is 0. The molecule has 0 fully saturated rings. The molecular weight excluding hydrogens is 386 g/mol. The second kappa shape index (κ2) is 7.58. The Morgan fingerprint density at radius 2 is 2.11 bits per heavy atom. The molecule has 0 aliphatic rings. The third kappa shape index (κ3) is 4.42. The Kier molecular flexibility index (Phi) is 6.07. The number of nitrogens with one attached hydrogen (secondary N) is 1. The van der Waals surface area contributed by atoms with Crippen LogP contribution in [-0.4, -0.2) is 6.54 Å². The standard InChI is InChI=1S/C15H17Br2NS/c1-2-6-18-15(13-9-19-10-14(13)17)8-11-4-3-5-12(16)7-11/h3-5,7,9-10,15,18H,2,6,8H2,1H3. The van der Waals surface area contributed by atoms with Gasteiger partial charge < -0.3 is 5.32 Å². The SMILES string of the molecule is CCCNC(Cc1cccc(Br)c1)c1cscc1Br. The monoisotopic (exact) mass is 401 g/mol. The minimum Gasteiger partial charge on any atom is -0.310 e. The average molecular weight is 403 g/mol. The summed E-state index contributed by atoms with van der Waals surface area (Å²) in [6.45, 7) is 3.24. The van der Waals surface area contributed by atoms with Crippen molar-refractivity contribution in [1.29, 1.82) is 0 Å². The van der Waals surface area contributed by atoms with Gasteiger partial charge in [-0.3, -0.25) is 0 Å². The normalized spacial score (nSPS) is 12.6. The number of hydrogen-bond acceptors (Lipinski definition) is 2. The van der Waals surface area contributed by atoms with Crippen LogP contribution >= 0.6 is 43.2 Å². The first-order chi connectivity index (χ1) is 9.20. The van der Waals surface area contributed by atoms with Gasteiger partial charge in [0.05, 0.1) is 0 Å². The highest BCUT2D eigenvalue weighted by atomic mass is 79.9. The van der Waals surface area contributed by atoms with Crippen molar-refractivity contribution in [3.05, 3.63) is 55.1 Å². The first-order valence-electron chi connectivity index (χ1n) is 6.40. The van der Waals surface area contributed by atoms with Crippen molar-refractivity contribution < 1.29 is 0 Å². The fourth-order valence-electron chi connectivity index (χ4n) is 2.05. The molecule has 0 aliphatic carbocycles. The predicted octanol–water partition coefficient (Wildman–Crippen LogP) is 5.56. The summed E-state index contributed by atoms with van der Waals surface area (Å²) in [5.74, 6) is 0. The molecule has 0 bridgehead atoms. The second-order valence-corrected chi connectivity index (χ2v) is 7.03. The van der Waals surface area contributed by atoms with Gasteiger partial charge in [0.15, 0.2) is 0 Å². The van der Waals surface area contributed by atoms with Gasteiger partial charge >= 0.3 is 0 Å². The topological polar surface area (TPSA) is 12.0 Å². The summed E-state index contributed by atoms with van der Waals surface area (Å²) in [5.41, 5.74) is 2.71. The minimum absolute atomic E-state index is 0.370. The van der Waals surface area contributed by atoms with E-state index in [0.29, 0.717) is 6.04 Å². The summed E-state index contributed by atoms with van der Waals surface area (Å²) in [6.07, 6.45) is 2.16. The van der Waals surface area contributed by atoms with Crippen molar-refractivity contribution in [2.24, 2.45) is 0 Å². The number of hydrogen-bond donors (Lipinski definition) is 1. The highest BCUT2D eigenvalue weighted by Crippen LogP contribution is 2.30. The molecule has 1 N–H and O–H groups in total. The molecule has 1 aromatic carbocycles. The Morgan fingerprint density at radius 3 is 2.74 bits per heavy atom. The molecule has 102 valence electrons. The highest BCUT2D eigenvalue weighted by Gasteiger charge is 2.15. The average Bonchev–Trinajstić information content (AvgIpc) is 2.81. The van der Waals surface area contributed by atoms with Crippen molar-refractivity contribution in [1.82, 2.24) is 5.32 Å². The maximum atomic E-state index is 3.65. The van der Waals surface area contributed by atoms with E-state index in [-0.39, 0.29) is 0 Å². The van der Waals surface area contributed by atoms with E-state index in [2.05, 4.69) is 79.1 Å². The molecule has 0 saturated heterocycles. The maximum Gasteiger partial charge on any atom is 0.0380 e. The molecular formula is C15H17Br2NS. The zero-order valence-corrected chi connectivity index (χ0v) is 14.8. The fraction of sp³-hybridized carbons (Fsp3) is 0.333. The summed E-state index contributed by atoms with van der Waals surface area (Å²) in [5, 5.41) is 8.02. The number of benzene rings is 1. The van der Waals surface area contributed by atoms with Crippen LogP contribution < -0.4 is 5.32 Å². The Labute approximate surface area is 135 Å². The molecule has 1 heterocycles. The minimum atomic E-state index is 0.370. The molecule has 0 spiro atoms. The Bertz CT molecular complexity index is 524. The van der Waals surface area contributed by atoms with E-state index in [1.165, 1.54) is 15.6 Å². The summed E-state index contributed by atoms with van der Waals surface area (Å²) < 4.78 is 2.35. The number of thiophene rings is 1. The molecule has 0 radical (unpaired) electrons. The van der Waals surface area contributed by atoms with E-state index in [9.17, 15) is 0 Å². The molecule has 19 heavy (non-hydrogen) atoms. The highest BCUT2D eigenvalue weighted by molar-refractivity contribution is 9.10. The molecule has 0 saturated carbocycles. The lowest BCUT2D eigenvalue weighted by Gasteiger charge is -2.18. The summed E-state index contributed by atoms with van der Waals surface area (Å²) >= 11 is 8.93. The predicted molar refractivity (Wildman–Crippen MR) is 90.9 cm³/mol. The molecule has 0 aliphatic heterocycles. The van der Waals surface area contributed by atoms with E-state index in [1.54, 1.807) is 11.3 Å². The second-order valence-electron chi connectivity index (χ2n) is 4.52. The van der Waals surface area contributed by atoms with E-state index in [0.717, 1.165) is 23.9 Å². The van der Waals surface area contributed by atoms with Crippen LogP contribution in [0.2, 0.25) is 0 Å². The first-order valence-corrected chi connectivity index (χ1v) is 8.93. The number of rotatable bonds is 6. The van der Waals surface area contributed by atoms with E-state index in [4.69, 9.17) is 0 Å². The van der Waals surface area contributed by atoms with Crippen molar-refractivity contribution in [2.45, 2.75) is 25.8 Å². The van der Waals surface area contributed by atoms with Gasteiger partial charge in [0.2, 0.25) is 0 Å². The van der Waals surface area contributed by atoms with Crippen LogP contribution in [0.4, 0.5) is 0 Å². The van der Waals surface area contributed by atoms with Gasteiger partial charge in [-0.15, -0.1) is 0 Å². The molecule has 2 rings (SSSR count). The lowest BCUT2D eigenvalue weighted by molar-refractivity contribution is 0.529. The van der Waals surface area contributed by atoms with Crippen molar-refractivity contribution in [2.75, 3.05) is 6.54 Å². The van der Waals surface area contributed by atoms with Crippen LogP contribution in [0, 0.1) is 0 Å². The third-order valence-corrected chi connectivity index (χ3v) is 5.23. The van der Waals surface area contributed by atoms with Gasteiger partial charge in [-0.1, -0.05) is 35.0 Å². The van der Waals surface area contributed by atoms with Crippen LogP contribution in [0.1, 0.15) is 30.5 Å². The molecule has 0 amide bonds. The largest absolute Gasteiger partial charge is 0.310 e. The van der Waals surface area contributed by atoms with Gasteiger partial charge in [-0.25, -0.2) is 0 Å². The van der Waals surface area contributed by atoms with E-state index >= 15 is 0 Å². The molecule has 4 heteroatoms. The molecule has 1 aromatic heterocycles. The lowest BCUT2D eigenvalue weighted by atomic mass is 10.0. The maximum absolute atomic E-state index is 3.65. The third-order valence-electron chi connectivity index (χ3n) is 2.99. The zero-order valence-electron chi connectivity index (χ0n) is 10.8. The molecule has 1 nitrogen and oxygen atoms in total. The van der Waals surface area contributed by atoms with Crippen molar-refractivity contribution >= 4 is 43.2 Å². The van der Waals surface area contributed by atoms with E-state index in [1.807, 2.05) is 0 Å². The van der Waals surface area contributed by atoms with Crippen molar-refractivity contribution in [3.8, 4) is 0 Å². The van der Waals surface area contributed by atoms with Gasteiger partial charge in [0, 0.05) is 20.4 Å². The zero-order chi connectivity index (χ0) is 13.7. The Balaban J connectivity index is 2.16. The molecule has 1 unspecified atom stereocenters. The van der Waals surface area contributed by atoms with Crippen LogP contribution in [0.5, 0.6) is 0 Å². The van der Waals surface area contributed by atoms with E-state index < -0.39 is 0 Å². The smallest absolute Gasteiger partial charge is 0.0380 e. The summed E-state index contributed by atoms with van der Waals surface area (Å²) in [6, 6.07) is 8.92. The van der Waals surface area contributed by atoms with Crippen LogP contribution in [0.25, 0.3) is 0 Å². The summed E-state index contributed by atoms with van der Waals surface area (Å²) in [7, 11) is 0. The van der Waals surface area contributed by atoms with Gasteiger partial charge in [-0.05, 0) is 64.0 Å². The Morgan fingerprint density at radius 1 is 1.26 bits per heavy atom. The van der Waals surface area contributed by atoms with Crippen molar-refractivity contribution in [3.63, 3.8) is 0 Å². The van der Waals surface area contributed by atoms with Gasteiger partial charge in [0.25, 0.3) is 0 Å².